The highest BCUT2D eigenvalue weighted by Gasteiger charge is 2.26. The van der Waals surface area contributed by atoms with Gasteiger partial charge in [0.2, 0.25) is 0 Å². The van der Waals surface area contributed by atoms with Crippen molar-refractivity contribution in [3.63, 3.8) is 0 Å². The van der Waals surface area contributed by atoms with Crippen LogP contribution in [0.2, 0.25) is 0 Å². The number of hydrogen-bond acceptors (Lipinski definition) is 3. The van der Waals surface area contributed by atoms with E-state index in [9.17, 15) is 9.90 Å². The molecule has 4 heteroatoms. The van der Waals surface area contributed by atoms with E-state index < -0.39 is 5.97 Å². The molecule has 1 aliphatic rings. The highest BCUT2D eigenvalue weighted by atomic mass is 16.5. The van der Waals surface area contributed by atoms with Gasteiger partial charge in [-0.25, -0.2) is 4.79 Å². The van der Waals surface area contributed by atoms with Crippen molar-refractivity contribution in [2.24, 2.45) is 0 Å². The van der Waals surface area contributed by atoms with Crippen LogP contribution in [-0.4, -0.2) is 23.3 Å². The Kier molecular flexibility index (Phi) is 3.22. The molecular formula is C13H16O4. The number of aromatic carboxylic acids is 1. The van der Waals surface area contributed by atoms with Gasteiger partial charge in [-0.2, -0.15) is 0 Å². The SMILES string of the molecule is COc1ccc(C(=O)O)c(O)c1C1CCCC1. The molecule has 92 valence electrons. The van der Waals surface area contributed by atoms with E-state index in [0.717, 1.165) is 25.7 Å². The van der Waals surface area contributed by atoms with Gasteiger partial charge in [0, 0.05) is 5.56 Å². The van der Waals surface area contributed by atoms with Crippen LogP contribution in [-0.2, 0) is 0 Å². The first-order chi connectivity index (χ1) is 8.15. The van der Waals surface area contributed by atoms with Gasteiger partial charge in [0.1, 0.15) is 17.1 Å². The molecule has 2 N–H and O–H groups in total. The fraction of sp³-hybridized carbons (Fsp3) is 0.462. The van der Waals surface area contributed by atoms with Crippen LogP contribution in [0.1, 0.15) is 47.5 Å². The third-order valence-corrected chi connectivity index (χ3v) is 3.39. The highest BCUT2D eigenvalue weighted by Crippen LogP contribution is 2.44. The van der Waals surface area contributed by atoms with Gasteiger partial charge in [-0.1, -0.05) is 12.8 Å². The molecule has 0 radical (unpaired) electrons. The molecule has 1 saturated carbocycles. The van der Waals surface area contributed by atoms with Crippen molar-refractivity contribution in [3.8, 4) is 11.5 Å². The summed E-state index contributed by atoms with van der Waals surface area (Å²) in [5.74, 6) is -0.447. The van der Waals surface area contributed by atoms with Crippen LogP contribution in [0.25, 0.3) is 0 Å². The van der Waals surface area contributed by atoms with E-state index in [1.165, 1.54) is 13.2 Å². The minimum atomic E-state index is -1.11. The molecule has 0 unspecified atom stereocenters. The van der Waals surface area contributed by atoms with Crippen molar-refractivity contribution in [2.45, 2.75) is 31.6 Å². The molecule has 0 bridgehead atoms. The summed E-state index contributed by atoms with van der Waals surface area (Å²) in [7, 11) is 1.54. The number of methoxy groups -OCH3 is 1. The maximum Gasteiger partial charge on any atom is 0.339 e. The summed E-state index contributed by atoms with van der Waals surface area (Å²) >= 11 is 0. The molecule has 0 aliphatic heterocycles. The normalized spacial score (nSPS) is 16.1. The summed E-state index contributed by atoms with van der Waals surface area (Å²) in [6.07, 6.45) is 4.19. The summed E-state index contributed by atoms with van der Waals surface area (Å²) in [6.45, 7) is 0. The van der Waals surface area contributed by atoms with Gasteiger partial charge < -0.3 is 14.9 Å². The minimum Gasteiger partial charge on any atom is -0.507 e. The Bertz CT molecular complexity index is 433. The van der Waals surface area contributed by atoms with Crippen molar-refractivity contribution in [3.05, 3.63) is 23.3 Å². The monoisotopic (exact) mass is 236 g/mol. The Morgan fingerprint density at radius 3 is 2.53 bits per heavy atom. The van der Waals surface area contributed by atoms with Gasteiger partial charge >= 0.3 is 5.97 Å². The topological polar surface area (TPSA) is 66.8 Å². The number of aromatic hydroxyl groups is 1. The molecule has 0 aromatic heterocycles. The van der Waals surface area contributed by atoms with Gasteiger partial charge in [-0.05, 0) is 30.9 Å². The summed E-state index contributed by atoms with van der Waals surface area (Å²) in [6, 6.07) is 3.01. The van der Waals surface area contributed by atoms with Crippen LogP contribution in [0.5, 0.6) is 11.5 Å². The Hall–Kier alpha value is -1.71. The summed E-state index contributed by atoms with van der Waals surface area (Å²) in [5, 5.41) is 19.1. The standard InChI is InChI=1S/C13H16O4/c1-17-10-7-6-9(13(15)16)12(14)11(10)8-4-2-3-5-8/h6-8,14H,2-5H2,1H3,(H,15,16). The van der Waals surface area contributed by atoms with Crippen LogP contribution in [0, 0.1) is 0 Å². The molecule has 0 spiro atoms. The Morgan fingerprint density at radius 1 is 1.35 bits per heavy atom. The number of carboxylic acids is 1. The lowest BCUT2D eigenvalue weighted by Gasteiger charge is -2.17. The van der Waals surface area contributed by atoms with Crippen LogP contribution >= 0.6 is 0 Å². The van der Waals surface area contributed by atoms with Crippen LogP contribution in [0.4, 0.5) is 0 Å². The van der Waals surface area contributed by atoms with E-state index in [0.29, 0.717) is 11.3 Å². The fourth-order valence-electron chi connectivity index (χ4n) is 2.55. The van der Waals surface area contributed by atoms with Crippen LogP contribution < -0.4 is 4.74 Å². The summed E-state index contributed by atoms with van der Waals surface area (Å²) < 4.78 is 5.22. The van der Waals surface area contributed by atoms with Crippen molar-refractivity contribution < 1.29 is 19.7 Å². The Balaban J connectivity index is 2.51. The van der Waals surface area contributed by atoms with Gasteiger partial charge in [0.15, 0.2) is 0 Å². The number of benzene rings is 1. The predicted molar refractivity (Wildman–Crippen MR) is 62.8 cm³/mol. The van der Waals surface area contributed by atoms with E-state index >= 15 is 0 Å². The minimum absolute atomic E-state index is 0.0484. The summed E-state index contributed by atoms with van der Waals surface area (Å²) in [5.41, 5.74) is 0.609. The first kappa shape index (κ1) is 11.8. The third kappa shape index (κ3) is 2.07. The lowest BCUT2D eigenvalue weighted by molar-refractivity contribution is 0.0693. The van der Waals surface area contributed by atoms with Gasteiger partial charge in [-0.15, -0.1) is 0 Å². The van der Waals surface area contributed by atoms with E-state index in [1.54, 1.807) is 6.07 Å². The molecule has 17 heavy (non-hydrogen) atoms. The van der Waals surface area contributed by atoms with E-state index in [-0.39, 0.29) is 17.2 Å². The number of rotatable bonds is 3. The van der Waals surface area contributed by atoms with E-state index in [2.05, 4.69) is 0 Å². The molecule has 0 amide bonds. The van der Waals surface area contributed by atoms with Crippen molar-refractivity contribution in [1.29, 1.82) is 0 Å². The molecule has 1 aliphatic carbocycles. The van der Waals surface area contributed by atoms with Crippen LogP contribution in [0.3, 0.4) is 0 Å². The van der Waals surface area contributed by atoms with E-state index in [1.807, 2.05) is 0 Å². The largest absolute Gasteiger partial charge is 0.507 e. The molecule has 0 saturated heterocycles. The van der Waals surface area contributed by atoms with E-state index in [4.69, 9.17) is 9.84 Å². The molecule has 2 rings (SSSR count). The maximum atomic E-state index is 11.0. The number of hydrogen-bond donors (Lipinski definition) is 2. The zero-order chi connectivity index (χ0) is 12.4. The lowest BCUT2D eigenvalue weighted by atomic mass is 9.93. The zero-order valence-electron chi connectivity index (χ0n) is 9.77. The van der Waals surface area contributed by atoms with Crippen LogP contribution in [0.15, 0.2) is 12.1 Å². The van der Waals surface area contributed by atoms with Crippen molar-refractivity contribution in [2.75, 3.05) is 7.11 Å². The zero-order valence-corrected chi connectivity index (χ0v) is 9.77. The third-order valence-electron chi connectivity index (χ3n) is 3.39. The quantitative estimate of drug-likeness (QED) is 0.846. The van der Waals surface area contributed by atoms with Gasteiger partial charge in [0.25, 0.3) is 0 Å². The lowest BCUT2D eigenvalue weighted by Crippen LogP contribution is -2.04. The first-order valence-corrected chi connectivity index (χ1v) is 5.78. The van der Waals surface area contributed by atoms with Crippen molar-refractivity contribution in [1.82, 2.24) is 0 Å². The van der Waals surface area contributed by atoms with Crippen molar-refractivity contribution >= 4 is 5.97 Å². The molecule has 1 aromatic rings. The second-order valence-corrected chi connectivity index (χ2v) is 4.36. The summed E-state index contributed by atoms with van der Waals surface area (Å²) in [4.78, 5) is 11.0. The second kappa shape index (κ2) is 4.65. The highest BCUT2D eigenvalue weighted by molar-refractivity contribution is 5.91. The number of carboxylic acid groups (broad SMARTS) is 1. The smallest absolute Gasteiger partial charge is 0.339 e. The average molecular weight is 236 g/mol. The molecular weight excluding hydrogens is 220 g/mol. The number of ether oxygens (including phenoxy) is 1. The maximum absolute atomic E-state index is 11.0. The Labute approximate surface area is 99.8 Å². The first-order valence-electron chi connectivity index (χ1n) is 5.78. The molecule has 1 aromatic carbocycles. The predicted octanol–water partition coefficient (Wildman–Crippen LogP) is 2.76. The van der Waals surface area contributed by atoms with Gasteiger partial charge in [0.05, 0.1) is 7.11 Å². The Morgan fingerprint density at radius 2 is 2.00 bits per heavy atom. The average Bonchev–Trinajstić information content (AvgIpc) is 2.81. The number of phenols is 1. The second-order valence-electron chi connectivity index (χ2n) is 4.36. The molecule has 1 fully saturated rings. The van der Waals surface area contributed by atoms with Gasteiger partial charge in [-0.3, -0.25) is 0 Å². The fourth-order valence-corrected chi connectivity index (χ4v) is 2.55. The molecule has 0 heterocycles. The number of carbonyl (C=O) groups is 1. The molecule has 4 nitrogen and oxygen atoms in total. The molecule has 0 atom stereocenters.